The number of benzene rings is 1. The van der Waals surface area contributed by atoms with Gasteiger partial charge in [0.05, 0.1) is 18.8 Å². The number of hydrogen-bond acceptors (Lipinski definition) is 3. The molecule has 0 aliphatic heterocycles. The molecule has 0 heterocycles. The topological polar surface area (TPSA) is 41.6 Å². The number of rotatable bonds is 7. The Labute approximate surface area is 116 Å². The molecule has 1 rings (SSSR count). The van der Waals surface area contributed by atoms with Gasteiger partial charge >= 0.3 is 0 Å². The van der Waals surface area contributed by atoms with Crippen LogP contribution in [0, 0.1) is 0 Å². The molecule has 0 saturated carbocycles. The number of hydrogen-bond donors (Lipinski definition) is 1. The van der Waals surface area contributed by atoms with Crippen LogP contribution in [-0.2, 0) is 4.74 Å². The van der Waals surface area contributed by atoms with E-state index in [1.807, 2.05) is 32.3 Å². The summed E-state index contributed by atoms with van der Waals surface area (Å²) in [7, 11) is 4.00. The van der Waals surface area contributed by atoms with Gasteiger partial charge in [-0.25, -0.2) is 0 Å². The average molecular weight is 315 g/mol. The van der Waals surface area contributed by atoms with E-state index in [1.165, 1.54) is 0 Å². The number of nitrogens with one attached hydrogen (secondary N) is 1. The lowest BCUT2D eigenvalue weighted by atomic mass is 10.2. The van der Waals surface area contributed by atoms with Crippen molar-refractivity contribution in [2.75, 3.05) is 40.4 Å². The fraction of sp³-hybridized carbons (Fsp3) is 0.462. The number of nitrogens with zero attached hydrogens (tertiary/aromatic N) is 1. The van der Waals surface area contributed by atoms with Crippen molar-refractivity contribution in [3.05, 3.63) is 34.3 Å². The SMILES string of the molecule is CN(C)CCOCCNC(=O)c1ccccc1Br. The van der Waals surface area contributed by atoms with Crippen LogP contribution in [0.1, 0.15) is 10.4 Å². The van der Waals surface area contributed by atoms with Crippen molar-refractivity contribution in [1.29, 1.82) is 0 Å². The highest BCUT2D eigenvalue weighted by Crippen LogP contribution is 2.15. The molecule has 1 aromatic carbocycles. The Morgan fingerprint density at radius 2 is 2.06 bits per heavy atom. The maximum Gasteiger partial charge on any atom is 0.252 e. The molecule has 18 heavy (non-hydrogen) atoms. The van der Waals surface area contributed by atoms with E-state index in [4.69, 9.17) is 4.74 Å². The van der Waals surface area contributed by atoms with E-state index in [0.29, 0.717) is 25.3 Å². The van der Waals surface area contributed by atoms with E-state index in [-0.39, 0.29) is 5.91 Å². The zero-order valence-electron chi connectivity index (χ0n) is 10.8. The van der Waals surface area contributed by atoms with Crippen LogP contribution in [0.5, 0.6) is 0 Å². The van der Waals surface area contributed by atoms with Gasteiger partial charge in [0.25, 0.3) is 5.91 Å². The maximum atomic E-state index is 11.8. The van der Waals surface area contributed by atoms with Crippen molar-refractivity contribution in [2.45, 2.75) is 0 Å². The zero-order chi connectivity index (χ0) is 13.4. The van der Waals surface area contributed by atoms with Crippen LogP contribution < -0.4 is 5.32 Å². The predicted octanol–water partition coefficient (Wildman–Crippen LogP) is 1.76. The third-order valence-corrected chi connectivity index (χ3v) is 3.02. The molecule has 0 atom stereocenters. The second-order valence-corrected chi connectivity index (χ2v) is 5.01. The van der Waals surface area contributed by atoms with Crippen molar-refractivity contribution in [3.8, 4) is 0 Å². The van der Waals surface area contributed by atoms with Crippen LogP contribution in [0.15, 0.2) is 28.7 Å². The van der Waals surface area contributed by atoms with Crippen molar-refractivity contribution < 1.29 is 9.53 Å². The minimum atomic E-state index is -0.0846. The largest absolute Gasteiger partial charge is 0.378 e. The molecular formula is C13H19BrN2O2. The lowest BCUT2D eigenvalue weighted by Crippen LogP contribution is -2.28. The van der Waals surface area contributed by atoms with Gasteiger partial charge < -0.3 is 15.0 Å². The van der Waals surface area contributed by atoms with Crippen molar-refractivity contribution >= 4 is 21.8 Å². The molecular weight excluding hydrogens is 296 g/mol. The Morgan fingerprint density at radius 3 is 2.72 bits per heavy atom. The standard InChI is InChI=1S/C13H19BrN2O2/c1-16(2)8-10-18-9-7-15-13(17)11-5-3-4-6-12(11)14/h3-6H,7-10H2,1-2H3,(H,15,17). The summed E-state index contributed by atoms with van der Waals surface area (Å²) in [5.41, 5.74) is 0.644. The van der Waals surface area contributed by atoms with Gasteiger partial charge in [0.1, 0.15) is 0 Å². The smallest absolute Gasteiger partial charge is 0.252 e. The molecule has 0 aromatic heterocycles. The molecule has 0 bridgehead atoms. The van der Waals surface area contributed by atoms with Gasteiger partial charge in [-0.1, -0.05) is 12.1 Å². The number of likely N-dealkylation sites (N-methyl/N-ethyl adjacent to an activating group) is 1. The summed E-state index contributed by atoms with van der Waals surface area (Å²) in [5, 5.41) is 2.82. The molecule has 1 amide bonds. The van der Waals surface area contributed by atoms with Crippen molar-refractivity contribution in [2.24, 2.45) is 0 Å². The Bertz CT molecular complexity index is 383. The van der Waals surface area contributed by atoms with Crippen molar-refractivity contribution in [1.82, 2.24) is 10.2 Å². The number of carbonyl (C=O) groups excluding carboxylic acids is 1. The Kier molecular flexibility index (Phi) is 6.93. The Hall–Kier alpha value is -0.910. The summed E-state index contributed by atoms with van der Waals surface area (Å²) >= 11 is 3.35. The first-order valence-electron chi connectivity index (χ1n) is 5.86. The first-order valence-corrected chi connectivity index (χ1v) is 6.66. The highest BCUT2D eigenvalue weighted by molar-refractivity contribution is 9.10. The molecule has 5 heteroatoms. The van der Waals surface area contributed by atoms with E-state index in [0.717, 1.165) is 11.0 Å². The summed E-state index contributed by atoms with van der Waals surface area (Å²) in [4.78, 5) is 13.9. The number of carbonyl (C=O) groups is 1. The van der Waals surface area contributed by atoms with E-state index < -0.39 is 0 Å². The summed E-state index contributed by atoms with van der Waals surface area (Å²) in [6.45, 7) is 2.62. The molecule has 0 radical (unpaired) electrons. The van der Waals surface area contributed by atoms with Gasteiger partial charge in [-0.3, -0.25) is 4.79 Å². The molecule has 1 N–H and O–H groups in total. The predicted molar refractivity (Wildman–Crippen MR) is 75.8 cm³/mol. The summed E-state index contributed by atoms with van der Waals surface area (Å²) < 4.78 is 6.19. The monoisotopic (exact) mass is 314 g/mol. The highest BCUT2D eigenvalue weighted by Gasteiger charge is 2.07. The fourth-order valence-corrected chi connectivity index (χ4v) is 1.79. The van der Waals surface area contributed by atoms with E-state index in [2.05, 4.69) is 26.1 Å². The van der Waals surface area contributed by atoms with Crippen LogP contribution in [0.2, 0.25) is 0 Å². The molecule has 0 unspecified atom stereocenters. The van der Waals surface area contributed by atoms with Crippen molar-refractivity contribution in [3.63, 3.8) is 0 Å². The lowest BCUT2D eigenvalue weighted by Gasteiger charge is -2.10. The van der Waals surface area contributed by atoms with Crippen LogP contribution in [-0.4, -0.2) is 51.2 Å². The van der Waals surface area contributed by atoms with E-state index >= 15 is 0 Å². The first kappa shape index (κ1) is 15.1. The first-order chi connectivity index (χ1) is 8.61. The molecule has 0 fully saturated rings. The zero-order valence-corrected chi connectivity index (χ0v) is 12.4. The summed E-state index contributed by atoms with van der Waals surface area (Å²) in [6.07, 6.45) is 0. The second kappa shape index (κ2) is 8.24. The summed E-state index contributed by atoms with van der Waals surface area (Å²) in [5.74, 6) is -0.0846. The summed E-state index contributed by atoms with van der Waals surface area (Å²) in [6, 6.07) is 7.35. The third kappa shape index (κ3) is 5.62. The van der Waals surface area contributed by atoms with Gasteiger partial charge in [0.15, 0.2) is 0 Å². The maximum absolute atomic E-state index is 11.8. The quantitative estimate of drug-likeness (QED) is 0.780. The lowest BCUT2D eigenvalue weighted by molar-refractivity contribution is 0.0899. The Morgan fingerprint density at radius 1 is 1.33 bits per heavy atom. The Balaban J connectivity index is 2.20. The highest BCUT2D eigenvalue weighted by atomic mass is 79.9. The minimum Gasteiger partial charge on any atom is -0.378 e. The van der Waals surface area contributed by atoms with Gasteiger partial charge in [0, 0.05) is 17.6 Å². The van der Waals surface area contributed by atoms with Crippen LogP contribution in [0.25, 0.3) is 0 Å². The van der Waals surface area contributed by atoms with Gasteiger partial charge in [-0.2, -0.15) is 0 Å². The van der Waals surface area contributed by atoms with Gasteiger partial charge in [0.2, 0.25) is 0 Å². The van der Waals surface area contributed by atoms with E-state index in [9.17, 15) is 4.79 Å². The molecule has 0 aliphatic carbocycles. The molecule has 4 nitrogen and oxygen atoms in total. The number of ether oxygens (including phenoxy) is 1. The van der Waals surface area contributed by atoms with Crippen LogP contribution in [0.3, 0.4) is 0 Å². The average Bonchev–Trinajstić information content (AvgIpc) is 2.33. The number of halogens is 1. The fourth-order valence-electron chi connectivity index (χ4n) is 1.33. The number of amides is 1. The second-order valence-electron chi connectivity index (χ2n) is 4.15. The van der Waals surface area contributed by atoms with Crippen LogP contribution >= 0.6 is 15.9 Å². The normalized spacial score (nSPS) is 10.7. The van der Waals surface area contributed by atoms with Gasteiger partial charge in [-0.15, -0.1) is 0 Å². The molecule has 0 spiro atoms. The molecule has 0 aliphatic rings. The molecule has 100 valence electrons. The molecule has 1 aromatic rings. The van der Waals surface area contributed by atoms with Crippen LogP contribution in [0.4, 0.5) is 0 Å². The third-order valence-electron chi connectivity index (χ3n) is 2.33. The minimum absolute atomic E-state index is 0.0846. The molecule has 0 saturated heterocycles. The van der Waals surface area contributed by atoms with E-state index in [1.54, 1.807) is 6.07 Å². The van der Waals surface area contributed by atoms with Gasteiger partial charge in [-0.05, 0) is 42.2 Å².